The normalized spacial score (nSPS) is 12.3. The van der Waals surface area contributed by atoms with E-state index in [9.17, 15) is 0 Å². The summed E-state index contributed by atoms with van der Waals surface area (Å²) in [6, 6.07) is 4.02. The zero-order chi connectivity index (χ0) is 14.3. The van der Waals surface area contributed by atoms with Crippen molar-refractivity contribution in [2.45, 2.75) is 26.8 Å². The monoisotopic (exact) mass is 266 g/mol. The summed E-state index contributed by atoms with van der Waals surface area (Å²) in [7, 11) is 3.37. The Bertz CT molecular complexity index is 390. The summed E-state index contributed by atoms with van der Waals surface area (Å²) < 4.78 is 10.8. The van der Waals surface area contributed by atoms with E-state index in [-0.39, 0.29) is 0 Å². The second kappa shape index (κ2) is 8.02. The molecule has 1 atom stereocenters. The molecular formula is C15H26N2O2. The van der Waals surface area contributed by atoms with Crippen LogP contribution in [0.2, 0.25) is 0 Å². The van der Waals surface area contributed by atoms with E-state index in [1.165, 1.54) is 0 Å². The first-order valence-corrected chi connectivity index (χ1v) is 6.79. The molecule has 0 fully saturated rings. The third-order valence-electron chi connectivity index (χ3n) is 3.52. The fourth-order valence-corrected chi connectivity index (χ4v) is 2.18. The Kier molecular flexibility index (Phi) is 6.67. The van der Waals surface area contributed by atoms with Crippen molar-refractivity contribution >= 4 is 0 Å². The summed E-state index contributed by atoms with van der Waals surface area (Å²) in [5.74, 6) is 2.28. The number of benzene rings is 1. The summed E-state index contributed by atoms with van der Waals surface area (Å²) in [5.41, 5.74) is 7.88. The van der Waals surface area contributed by atoms with Crippen molar-refractivity contribution in [2.75, 3.05) is 27.3 Å². The quantitative estimate of drug-likeness (QED) is 0.756. The van der Waals surface area contributed by atoms with Crippen LogP contribution in [0.15, 0.2) is 12.1 Å². The molecule has 3 N–H and O–H groups in total. The molecule has 19 heavy (non-hydrogen) atoms. The lowest BCUT2D eigenvalue weighted by Gasteiger charge is -2.17. The molecule has 108 valence electrons. The summed E-state index contributed by atoms with van der Waals surface area (Å²) >= 11 is 0. The molecule has 0 aliphatic carbocycles. The summed E-state index contributed by atoms with van der Waals surface area (Å²) in [5, 5.41) is 3.44. The number of hydrogen-bond donors (Lipinski definition) is 2. The van der Waals surface area contributed by atoms with E-state index in [1.807, 2.05) is 19.1 Å². The van der Waals surface area contributed by atoms with Gasteiger partial charge in [0.15, 0.2) is 0 Å². The molecule has 1 unspecified atom stereocenters. The van der Waals surface area contributed by atoms with Crippen LogP contribution in [-0.4, -0.2) is 27.3 Å². The number of nitrogens with one attached hydrogen (secondary N) is 1. The third-order valence-corrected chi connectivity index (χ3v) is 3.52. The maximum absolute atomic E-state index is 5.70. The van der Waals surface area contributed by atoms with Gasteiger partial charge in [0.05, 0.1) is 14.2 Å². The van der Waals surface area contributed by atoms with Gasteiger partial charge in [-0.2, -0.15) is 0 Å². The topological polar surface area (TPSA) is 56.5 Å². The molecule has 0 aliphatic heterocycles. The van der Waals surface area contributed by atoms with Crippen molar-refractivity contribution in [3.05, 3.63) is 23.3 Å². The molecule has 0 aromatic heterocycles. The van der Waals surface area contributed by atoms with Crippen LogP contribution in [0.3, 0.4) is 0 Å². The Hall–Kier alpha value is -1.26. The van der Waals surface area contributed by atoms with E-state index in [2.05, 4.69) is 12.2 Å². The number of rotatable bonds is 8. The highest BCUT2D eigenvalue weighted by molar-refractivity contribution is 5.49. The van der Waals surface area contributed by atoms with Crippen LogP contribution in [-0.2, 0) is 6.54 Å². The van der Waals surface area contributed by atoms with E-state index >= 15 is 0 Å². The van der Waals surface area contributed by atoms with E-state index in [1.54, 1.807) is 14.2 Å². The van der Waals surface area contributed by atoms with Gasteiger partial charge in [-0.15, -0.1) is 0 Å². The first-order chi connectivity index (χ1) is 9.17. The van der Waals surface area contributed by atoms with Crippen molar-refractivity contribution in [1.82, 2.24) is 5.32 Å². The van der Waals surface area contributed by atoms with Crippen LogP contribution >= 0.6 is 0 Å². The molecule has 0 radical (unpaired) electrons. The maximum atomic E-state index is 5.70. The van der Waals surface area contributed by atoms with E-state index in [4.69, 9.17) is 15.2 Å². The first-order valence-electron chi connectivity index (χ1n) is 6.79. The molecule has 0 amide bonds. The number of nitrogens with two attached hydrogens (primary N) is 1. The van der Waals surface area contributed by atoms with Crippen molar-refractivity contribution in [3.8, 4) is 11.5 Å². The van der Waals surface area contributed by atoms with Gasteiger partial charge in [0.25, 0.3) is 0 Å². The fraction of sp³-hybridized carbons (Fsp3) is 0.600. The molecule has 0 spiro atoms. The highest BCUT2D eigenvalue weighted by Gasteiger charge is 2.11. The third kappa shape index (κ3) is 4.11. The number of methoxy groups -OCH3 is 2. The van der Waals surface area contributed by atoms with Gasteiger partial charge in [-0.3, -0.25) is 0 Å². The Morgan fingerprint density at radius 2 is 2.00 bits per heavy atom. The predicted octanol–water partition coefficient (Wildman–Crippen LogP) is 2.09. The average Bonchev–Trinajstić information content (AvgIpc) is 2.44. The number of hydrogen-bond acceptors (Lipinski definition) is 4. The molecule has 0 bridgehead atoms. The lowest BCUT2D eigenvalue weighted by atomic mass is 10.1. The summed E-state index contributed by atoms with van der Waals surface area (Å²) in [4.78, 5) is 0. The SMILES string of the molecule is CCC(CN)CNCc1ccc(OC)c(C)c1OC. The van der Waals surface area contributed by atoms with Gasteiger partial charge in [-0.05, 0) is 32.0 Å². The zero-order valence-electron chi connectivity index (χ0n) is 12.5. The van der Waals surface area contributed by atoms with Gasteiger partial charge < -0.3 is 20.5 Å². The Morgan fingerprint density at radius 3 is 2.53 bits per heavy atom. The van der Waals surface area contributed by atoms with Crippen LogP contribution in [0.4, 0.5) is 0 Å². The van der Waals surface area contributed by atoms with Crippen LogP contribution in [0.1, 0.15) is 24.5 Å². The van der Waals surface area contributed by atoms with Crippen molar-refractivity contribution in [1.29, 1.82) is 0 Å². The molecular weight excluding hydrogens is 240 g/mol. The maximum Gasteiger partial charge on any atom is 0.129 e. The first kappa shape index (κ1) is 15.8. The van der Waals surface area contributed by atoms with E-state index in [0.717, 1.165) is 48.7 Å². The molecule has 1 aromatic carbocycles. The molecule has 1 rings (SSSR count). The molecule has 4 nitrogen and oxygen atoms in total. The highest BCUT2D eigenvalue weighted by Crippen LogP contribution is 2.31. The second-order valence-corrected chi connectivity index (χ2v) is 4.73. The lowest BCUT2D eigenvalue weighted by molar-refractivity contribution is 0.383. The minimum atomic E-state index is 0.533. The van der Waals surface area contributed by atoms with Crippen LogP contribution in [0.5, 0.6) is 11.5 Å². The smallest absolute Gasteiger partial charge is 0.129 e. The molecule has 0 aliphatic rings. The zero-order valence-corrected chi connectivity index (χ0v) is 12.5. The Labute approximate surface area is 116 Å². The van der Waals surface area contributed by atoms with Crippen LogP contribution in [0, 0.1) is 12.8 Å². The molecule has 0 saturated carbocycles. The lowest BCUT2D eigenvalue weighted by Crippen LogP contribution is -2.27. The molecule has 0 heterocycles. The van der Waals surface area contributed by atoms with Gasteiger partial charge in [-0.25, -0.2) is 0 Å². The summed E-state index contributed by atoms with van der Waals surface area (Å²) in [6.07, 6.45) is 1.10. The van der Waals surface area contributed by atoms with Gasteiger partial charge >= 0.3 is 0 Å². The number of ether oxygens (including phenoxy) is 2. The standard InChI is InChI=1S/C15H26N2O2/c1-5-12(8-16)9-17-10-13-6-7-14(18-3)11(2)15(13)19-4/h6-7,12,17H,5,8-10,16H2,1-4H3. The fourth-order valence-electron chi connectivity index (χ4n) is 2.18. The van der Waals surface area contributed by atoms with Crippen LogP contribution < -0.4 is 20.5 Å². The molecule has 4 heteroatoms. The van der Waals surface area contributed by atoms with Gasteiger partial charge in [0, 0.05) is 17.7 Å². The van der Waals surface area contributed by atoms with Gasteiger partial charge in [0.2, 0.25) is 0 Å². The Balaban J connectivity index is 2.70. The highest BCUT2D eigenvalue weighted by atomic mass is 16.5. The van der Waals surface area contributed by atoms with Gasteiger partial charge in [-0.1, -0.05) is 19.4 Å². The Morgan fingerprint density at radius 1 is 1.26 bits per heavy atom. The van der Waals surface area contributed by atoms with Crippen molar-refractivity contribution < 1.29 is 9.47 Å². The van der Waals surface area contributed by atoms with Crippen molar-refractivity contribution in [3.63, 3.8) is 0 Å². The largest absolute Gasteiger partial charge is 0.496 e. The minimum absolute atomic E-state index is 0.533. The van der Waals surface area contributed by atoms with Crippen LogP contribution in [0.25, 0.3) is 0 Å². The van der Waals surface area contributed by atoms with Crippen molar-refractivity contribution in [2.24, 2.45) is 11.7 Å². The van der Waals surface area contributed by atoms with Gasteiger partial charge in [0.1, 0.15) is 11.5 Å². The van der Waals surface area contributed by atoms with E-state index < -0.39 is 0 Å². The average molecular weight is 266 g/mol. The molecule has 0 saturated heterocycles. The molecule has 1 aromatic rings. The second-order valence-electron chi connectivity index (χ2n) is 4.73. The summed E-state index contributed by atoms with van der Waals surface area (Å²) in [6.45, 7) is 6.61. The predicted molar refractivity (Wildman–Crippen MR) is 78.8 cm³/mol. The minimum Gasteiger partial charge on any atom is -0.496 e. The van der Waals surface area contributed by atoms with E-state index in [0.29, 0.717) is 5.92 Å².